The van der Waals surface area contributed by atoms with Crippen molar-refractivity contribution >= 4 is 19.8 Å². The molecule has 9 nitrogen and oxygen atoms in total. The second kappa shape index (κ2) is 31.0. The van der Waals surface area contributed by atoms with Crippen LogP contribution >= 0.6 is 7.82 Å². The summed E-state index contributed by atoms with van der Waals surface area (Å²) in [4.78, 5) is 35.0. The van der Waals surface area contributed by atoms with Crippen LogP contribution in [0.4, 0.5) is 0 Å². The van der Waals surface area contributed by atoms with Crippen molar-refractivity contribution in [1.29, 1.82) is 0 Å². The van der Waals surface area contributed by atoms with Crippen LogP contribution in [0.15, 0.2) is 0 Å². The van der Waals surface area contributed by atoms with Crippen molar-refractivity contribution in [3.8, 4) is 0 Å². The van der Waals surface area contributed by atoms with Gasteiger partial charge in [-0.1, -0.05) is 149 Å². The van der Waals surface area contributed by atoms with Crippen molar-refractivity contribution in [2.24, 2.45) is 0 Å². The largest absolute Gasteiger partial charge is 0.472 e. The van der Waals surface area contributed by atoms with E-state index in [0.717, 1.165) is 38.5 Å². The molecule has 47 heavy (non-hydrogen) atoms. The maximum absolute atomic E-state index is 12.6. The molecule has 0 aromatic heterocycles. The van der Waals surface area contributed by atoms with Crippen molar-refractivity contribution in [2.45, 2.75) is 180 Å². The third kappa shape index (κ3) is 34.7. The number of hydrogen-bond acceptors (Lipinski definition) is 7. The third-order valence-electron chi connectivity index (χ3n) is 8.39. The van der Waals surface area contributed by atoms with Crippen LogP contribution in [0.25, 0.3) is 0 Å². The topological polar surface area (TPSA) is 108 Å². The van der Waals surface area contributed by atoms with Crippen molar-refractivity contribution in [1.82, 2.24) is 0 Å². The van der Waals surface area contributed by atoms with Crippen LogP contribution in [-0.2, 0) is 32.7 Å². The number of ether oxygens (including phenoxy) is 2. The predicted molar refractivity (Wildman–Crippen MR) is 192 cm³/mol. The van der Waals surface area contributed by atoms with E-state index in [4.69, 9.17) is 18.5 Å². The average Bonchev–Trinajstić information content (AvgIpc) is 3.01. The van der Waals surface area contributed by atoms with Gasteiger partial charge in [0.05, 0.1) is 27.7 Å². The maximum atomic E-state index is 12.6. The molecule has 0 aromatic carbocycles. The van der Waals surface area contributed by atoms with Gasteiger partial charge in [0.1, 0.15) is 19.8 Å². The molecule has 0 spiro atoms. The van der Waals surface area contributed by atoms with E-state index in [1.54, 1.807) is 0 Å². The van der Waals surface area contributed by atoms with Gasteiger partial charge in [-0.2, -0.15) is 0 Å². The zero-order valence-electron chi connectivity index (χ0n) is 31.3. The number of unbranched alkanes of at least 4 members (excludes halogenated alkanes) is 21. The minimum atomic E-state index is -4.35. The molecular formula is C37H75NO8P+. The third-order valence-corrected chi connectivity index (χ3v) is 9.37. The summed E-state index contributed by atoms with van der Waals surface area (Å²) >= 11 is 0. The highest BCUT2D eigenvalue weighted by Crippen LogP contribution is 2.43. The van der Waals surface area contributed by atoms with Crippen molar-refractivity contribution < 1.29 is 42.1 Å². The smallest absolute Gasteiger partial charge is 0.462 e. The number of quaternary nitrogens is 1. The Hall–Kier alpha value is -0.990. The summed E-state index contributed by atoms with van der Waals surface area (Å²) in [6, 6.07) is 0. The molecule has 0 aliphatic carbocycles. The summed E-state index contributed by atoms with van der Waals surface area (Å²) < 4.78 is 34.1. The molecule has 0 radical (unpaired) electrons. The second-order valence-electron chi connectivity index (χ2n) is 14.3. The summed E-state index contributed by atoms with van der Waals surface area (Å²) in [5.41, 5.74) is 0. The lowest BCUT2D eigenvalue weighted by atomic mass is 10.0. The Morgan fingerprint density at radius 3 is 1.36 bits per heavy atom. The monoisotopic (exact) mass is 693 g/mol. The van der Waals surface area contributed by atoms with Gasteiger partial charge in [-0.05, 0) is 12.8 Å². The van der Waals surface area contributed by atoms with Crippen LogP contribution < -0.4 is 0 Å². The van der Waals surface area contributed by atoms with Gasteiger partial charge in [-0.3, -0.25) is 18.6 Å². The van der Waals surface area contributed by atoms with Crippen LogP contribution in [0.2, 0.25) is 0 Å². The van der Waals surface area contributed by atoms with E-state index < -0.39 is 26.5 Å². The maximum Gasteiger partial charge on any atom is 0.472 e. The molecule has 0 saturated carbocycles. The minimum absolute atomic E-state index is 0.0362. The number of likely N-dealkylation sites (N-methyl/N-ethyl adjacent to an activating group) is 1. The first kappa shape index (κ1) is 46.0. The van der Waals surface area contributed by atoms with Crippen molar-refractivity contribution in [3.63, 3.8) is 0 Å². The molecule has 0 amide bonds. The van der Waals surface area contributed by atoms with Gasteiger partial charge >= 0.3 is 19.8 Å². The highest BCUT2D eigenvalue weighted by Gasteiger charge is 2.27. The lowest BCUT2D eigenvalue weighted by molar-refractivity contribution is -0.870. The van der Waals surface area contributed by atoms with E-state index in [1.807, 2.05) is 21.1 Å². The molecule has 0 aromatic rings. The van der Waals surface area contributed by atoms with E-state index in [0.29, 0.717) is 17.4 Å². The highest BCUT2D eigenvalue weighted by atomic mass is 31.2. The molecule has 10 heteroatoms. The molecule has 0 heterocycles. The summed E-state index contributed by atoms with van der Waals surface area (Å²) in [5, 5.41) is 0. The van der Waals surface area contributed by atoms with Gasteiger partial charge in [0, 0.05) is 12.8 Å². The van der Waals surface area contributed by atoms with Gasteiger partial charge in [0.25, 0.3) is 0 Å². The molecule has 280 valence electrons. The summed E-state index contributed by atoms with van der Waals surface area (Å²) in [6.07, 6.45) is 27.3. The van der Waals surface area contributed by atoms with Crippen LogP contribution in [0.3, 0.4) is 0 Å². The van der Waals surface area contributed by atoms with Crippen LogP contribution in [0.5, 0.6) is 0 Å². The number of nitrogens with zero attached hydrogens (tertiary/aromatic N) is 1. The minimum Gasteiger partial charge on any atom is -0.462 e. The summed E-state index contributed by atoms with van der Waals surface area (Å²) in [6.45, 7) is 4.40. The Bertz CT molecular complexity index is 789. The number of carbonyl (C=O) groups is 2. The summed E-state index contributed by atoms with van der Waals surface area (Å²) in [5.74, 6) is -0.794. The average molecular weight is 693 g/mol. The van der Waals surface area contributed by atoms with Crippen molar-refractivity contribution in [3.05, 3.63) is 0 Å². The number of rotatable bonds is 35. The van der Waals surface area contributed by atoms with Crippen molar-refractivity contribution in [2.75, 3.05) is 47.5 Å². The van der Waals surface area contributed by atoms with Crippen LogP contribution in [0, 0.1) is 0 Å². The number of carbonyl (C=O) groups excluding carboxylic acids is 2. The molecule has 0 aliphatic rings. The molecule has 2 unspecified atom stereocenters. The Morgan fingerprint density at radius 1 is 0.574 bits per heavy atom. The van der Waals surface area contributed by atoms with Gasteiger partial charge < -0.3 is 18.9 Å². The fraction of sp³-hybridized carbons (Fsp3) is 0.946. The SMILES string of the molecule is CCCCCCCCCCCCCCCCCC(=O)OC(COC(=O)CCCCCCCCCC)COP(=O)(O)OCC[N+](C)(C)C. The number of phosphoric ester groups is 1. The first-order valence-electron chi connectivity index (χ1n) is 19.3. The Labute approximate surface area is 289 Å². The zero-order chi connectivity index (χ0) is 35.1. The standard InChI is InChI=1S/C37H74NO8P/c1-6-8-10-12-14-16-17-18-19-20-21-22-24-26-28-30-37(40)46-35(34-45-47(41,42)44-32-31-38(3,4)5)33-43-36(39)29-27-25-23-15-13-11-9-7-2/h35H,6-34H2,1-5H3/p+1. The molecule has 0 fully saturated rings. The van der Waals surface area contributed by atoms with Crippen LogP contribution in [0.1, 0.15) is 174 Å². The Kier molecular flexibility index (Phi) is 30.4. The molecule has 1 N–H and O–H groups in total. The van der Waals surface area contributed by atoms with Gasteiger partial charge in [-0.25, -0.2) is 4.57 Å². The second-order valence-corrected chi connectivity index (χ2v) is 15.8. The Balaban J connectivity index is 4.36. The normalized spacial score (nSPS) is 13.7. The molecule has 0 aliphatic heterocycles. The van der Waals surface area contributed by atoms with Gasteiger partial charge in [-0.15, -0.1) is 0 Å². The van der Waals surface area contributed by atoms with Crippen LogP contribution in [-0.4, -0.2) is 74.9 Å². The lowest BCUT2D eigenvalue weighted by Crippen LogP contribution is -2.37. The number of phosphoric acid groups is 1. The zero-order valence-corrected chi connectivity index (χ0v) is 32.2. The Morgan fingerprint density at radius 2 is 0.957 bits per heavy atom. The van der Waals surface area contributed by atoms with E-state index in [1.165, 1.54) is 109 Å². The summed E-state index contributed by atoms with van der Waals surface area (Å²) in [7, 11) is 1.49. The van der Waals surface area contributed by atoms with E-state index in [2.05, 4.69) is 13.8 Å². The first-order chi connectivity index (χ1) is 22.5. The molecule has 0 saturated heterocycles. The fourth-order valence-electron chi connectivity index (χ4n) is 5.31. The molecule has 0 bridgehead atoms. The van der Waals surface area contributed by atoms with E-state index in [-0.39, 0.29) is 25.6 Å². The first-order valence-corrected chi connectivity index (χ1v) is 20.8. The highest BCUT2D eigenvalue weighted by molar-refractivity contribution is 7.47. The molecular weight excluding hydrogens is 617 g/mol. The fourth-order valence-corrected chi connectivity index (χ4v) is 6.05. The van der Waals surface area contributed by atoms with Gasteiger partial charge in [0.15, 0.2) is 6.10 Å². The number of hydrogen-bond donors (Lipinski definition) is 1. The van der Waals surface area contributed by atoms with E-state index >= 15 is 0 Å². The molecule has 2 atom stereocenters. The molecule has 0 rings (SSSR count). The number of esters is 2. The quantitative estimate of drug-likeness (QED) is 0.0303. The van der Waals surface area contributed by atoms with Gasteiger partial charge in [0.2, 0.25) is 0 Å². The predicted octanol–water partition coefficient (Wildman–Crippen LogP) is 10.1. The lowest BCUT2D eigenvalue weighted by Gasteiger charge is -2.24. The van der Waals surface area contributed by atoms with E-state index in [9.17, 15) is 19.0 Å².